The van der Waals surface area contributed by atoms with Crippen LogP contribution in [-0.4, -0.2) is 54.0 Å². The van der Waals surface area contributed by atoms with E-state index >= 15 is 0 Å². The molecule has 6 heteroatoms. The molecule has 3 heterocycles. The first-order valence-electron chi connectivity index (χ1n) is 6.28. The van der Waals surface area contributed by atoms with Gasteiger partial charge in [-0.1, -0.05) is 0 Å². The summed E-state index contributed by atoms with van der Waals surface area (Å²) >= 11 is 0. The van der Waals surface area contributed by atoms with E-state index in [-0.39, 0.29) is 6.10 Å². The Morgan fingerprint density at radius 2 is 1.67 bits per heavy atom. The molecule has 0 aromatic rings. The number of hydrogen-bond acceptors (Lipinski definition) is 6. The van der Waals surface area contributed by atoms with Gasteiger partial charge in [-0.05, 0) is 27.7 Å². The molecule has 3 aliphatic rings. The lowest BCUT2D eigenvalue weighted by Gasteiger charge is -2.26. The van der Waals surface area contributed by atoms with Crippen molar-refractivity contribution < 1.29 is 28.8 Å². The molecular weight excluding hydrogens is 240 g/mol. The van der Waals surface area contributed by atoms with Gasteiger partial charge in [-0.15, -0.1) is 0 Å². The van der Waals surface area contributed by atoms with Crippen molar-refractivity contribution in [2.45, 2.75) is 70.0 Å². The SMILES string of the molecule is CC1(C)OC2[C@@H](O[C@@H]([C@@H]3COC(C)(C)O3)[C@@H]2O)O1. The van der Waals surface area contributed by atoms with E-state index in [9.17, 15) is 5.11 Å². The first-order valence-corrected chi connectivity index (χ1v) is 6.28. The molecule has 104 valence electrons. The van der Waals surface area contributed by atoms with Gasteiger partial charge in [0.1, 0.15) is 24.4 Å². The second-order valence-electron chi connectivity index (χ2n) is 5.93. The Balaban J connectivity index is 1.68. The van der Waals surface area contributed by atoms with Crippen LogP contribution in [0.5, 0.6) is 0 Å². The van der Waals surface area contributed by atoms with E-state index < -0.39 is 36.2 Å². The van der Waals surface area contributed by atoms with Gasteiger partial charge in [0, 0.05) is 0 Å². The van der Waals surface area contributed by atoms with Gasteiger partial charge in [0.15, 0.2) is 17.9 Å². The molecule has 0 aromatic carbocycles. The van der Waals surface area contributed by atoms with Gasteiger partial charge in [-0.25, -0.2) is 0 Å². The van der Waals surface area contributed by atoms with Crippen LogP contribution in [0.1, 0.15) is 27.7 Å². The summed E-state index contributed by atoms with van der Waals surface area (Å²) < 4.78 is 28.1. The molecule has 5 atom stereocenters. The summed E-state index contributed by atoms with van der Waals surface area (Å²) in [6.07, 6.45) is -2.53. The fourth-order valence-corrected chi connectivity index (χ4v) is 2.70. The Morgan fingerprint density at radius 3 is 2.22 bits per heavy atom. The fourth-order valence-electron chi connectivity index (χ4n) is 2.70. The molecule has 18 heavy (non-hydrogen) atoms. The molecule has 3 saturated heterocycles. The average Bonchev–Trinajstić information content (AvgIpc) is 2.81. The van der Waals surface area contributed by atoms with Gasteiger partial charge >= 0.3 is 0 Å². The Bertz CT molecular complexity index is 341. The molecule has 1 N–H and O–H groups in total. The summed E-state index contributed by atoms with van der Waals surface area (Å²) in [5.41, 5.74) is 0. The first-order chi connectivity index (χ1) is 8.27. The van der Waals surface area contributed by atoms with Gasteiger partial charge in [-0.2, -0.15) is 0 Å². The first kappa shape index (κ1) is 12.8. The van der Waals surface area contributed by atoms with Crippen LogP contribution in [0.2, 0.25) is 0 Å². The van der Waals surface area contributed by atoms with E-state index in [0.29, 0.717) is 6.61 Å². The summed E-state index contributed by atoms with van der Waals surface area (Å²) in [4.78, 5) is 0. The predicted octanol–water partition coefficient (Wildman–Crippen LogP) is 0.375. The van der Waals surface area contributed by atoms with Crippen LogP contribution in [0.15, 0.2) is 0 Å². The highest BCUT2D eigenvalue weighted by Crippen LogP contribution is 2.40. The lowest BCUT2D eigenvalue weighted by atomic mass is 10.1. The quantitative estimate of drug-likeness (QED) is 0.735. The molecular formula is C12H20O6. The third kappa shape index (κ3) is 2.07. The Kier molecular flexibility index (Phi) is 2.75. The highest BCUT2D eigenvalue weighted by Gasteiger charge is 2.57. The van der Waals surface area contributed by atoms with Crippen molar-refractivity contribution in [3.8, 4) is 0 Å². The van der Waals surface area contributed by atoms with Crippen molar-refractivity contribution in [1.29, 1.82) is 0 Å². The molecule has 6 nitrogen and oxygen atoms in total. The average molecular weight is 260 g/mol. The van der Waals surface area contributed by atoms with E-state index in [1.807, 2.05) is 13.8 Å². The van der Waals surface area contributed by atoms with Gasteiger partial charge in [0.05, 0.1) is 6.61 Å². The van der Waals surface area contributed by atoms with Crippen molar-refractivity contribution in [3.63, 3.8) is 0 Å². The van der Waals surface area contributed by atoms with Crippen molar-refractivity contribution in [2.75, 3.05) is 6.61 Å². The summed E-state index contributed by atoms with van der Waals surface area (Å²) in [5, 5.41) is 10.3. The molecule has 3 aliphatic heterocycles. The molecule has 0 amide bonds. The van der Waals surface area contributed by atoms with Crippen LogP contribution in [0.3, 0.4) is 0 Å². The largest absolute Gasteiger partial charge is 0.387 e. The summed E-state index contributed by atoms with van der Waals surface area (Å²) in [7, 11) is 0. The van der Waals surface area contributed by atoms with Crippen LogP contribution in [0, 0.1) is 0 Å². The number of aliphatic hydroxyl groups excluding tert-OH is 1. The minimum atomic E-state index is -0.765. The van der Waals surface area contributed by atoms with Crippen LogP contribution < -0.4 is 0 Å². The van der Waals surface area contributed by atoms with Gasteiger partial charge in [0.2, 0.25) is 0 Å². The van der Waals surface area contributed by atoms with E-state index in [1.54, 1.807) is 13.8 Å². The van der Waals surface area contributed by atoms with Crippen molar-refractivity contribution in [1.82, 2.24) is 0 Å². The lowest BCUT2D eigenvalue weighted by molar-refractivity contribution is -0.232. The standard InChI is InChI=1S/C12H20O6/c1-11(2)14-5-6(16-11)8-7(13)9-10(15-8)18-12(3,4)17-9/h6-10,13H,5H2,1-4H3/t6-,7-,8-,9?,10-/m0/s1. The second-order valence-corrected chi connectivity index (χ2v) is 5.93. The maximum atomic E-state index is 10.3. The maximum absolute atomic E-state index is 10.3. The molecule has 3 fully saturated rings. The Hall–Kier alpha value is -0.240. The third-order valence-corrected chi connectivity index (χ3v) is 3.45. The van der Waals surface area contributed by atoms with Gasteiger partial charge < -0.3 is 28.8 Å². The van der Waals surface area contributed by atoms with E-state index in [0.717, 1.165) is 0 Å². The Morgan fingerprint density at radius 1 is 0.944 bits per heavy atom. The highest BCUT2D eigenvalue weighted by molar-refractivity contribution is 4.97. The zero-order chi connectivity index (χ0) is 13.1. The molecule has 0 saturated carbocycles. The smallest absolute Gasteiger partial charge is 0.190 e. The van der Waals surface area contributed by atoms with E-state index in [4.69, 9.17) is 23.7 Å². The Labute approximate surface area is 106 Å². The van der Waals surface area contributed by atoms with Crippen molar-refractivity contribution in [2.24, 2.45) is 0 Å². The van der Waals surface area contributed by atoms with Crippen LogP contribution in [-0.2, 0) is 23.7 Å². The minimum Gasteiger partial charge on any atom is -0.387 e. The maximum Gasteiger partial charge on any atom is 0.190 e. The molecule has 0 radical (unpaired) electrons. The molecule has 0 aromatic heterocycles. The molecule has 0 bridgehead atoms. The fraction of sp³-hybridized carbons (Fsp3) is 1.00. The zero-order valence-electron chi connectivity index (χ0n) is 11.1. The molecule has 0 aliphatic carbocycles. The number of ether oxygens (including phenoxy) is 5. The highest BCUT2D eigenvalue weighted by atomic mass is 16.8. The summed E-state index contributed by atoms with van der Waals surface area (Å²) in [6, 6.07) is 0. The van der Waals surface area contributed by atoms with Crippen LogP contribution in [0.25, 0.3) is 0 Å². The van der Waals surface area contributed by atoms with Gasteiger partial charge in [-0.3, -0.25) is 0 Å². The minimum absolute atomic E-state index is 0.295. The molecule has 0 spiro atoms. The lowest BCUT2D eigenvalue weighted by Crippen LogP contribution is -2.42. The topological polar surface area (TPSA) is 66.4 Å². The molecule has 3 rings (SSSR count). The van der Waals surface area contributed by atoms with E-state index in [2.05, 4.69) is 0 Å². The number of aliphatic hydroxyl groups is 1. The monoisotopic (exact) mass is 260 g/mol. The zero-order valence-corrected chi connectivity index (χ0v) is 11.1. The normalized spacial score (nSPS) is 49.5. The van der Waals surface area contributed by atoms with Crippen LogP contribution >= 0.6 is 0 Å². The summed E-state index contributed by atoms with van der Waals surface area (Å²) in [6.45, 7) is 7.68. The van der Waals surface area contributed by atoms with Crippen LogP contribution in [0.4, 0.5) is 0 Å². The number of rotatable bonds is 1. The molecule has 1 unspecified atom stereocenters. The van der Waals surface area contributed by atoms with E-state index in [1.165, 1.54) is 0 Å². The third-order valence-electron chi connectivity index (χ3n) is 3.45. The van der Waals surface area contributed by atoms with Gasteiger partial charge in [0.25, 0.3) is 0 Å². The second kappa shape index (κ2) is 3.88. The predicted molar refractivity (Wildman–Crippen MR) is 59.6 cm³/mol. The number of fused-ring (bicyclic) bond motifs is 1. The number of hydrogen-bond donors (Lipinski definition) is 1. The summed E-state index contributed by atoms with van der Waals surface area (Å²) in [5.74, 6) is -1.35. The van der Waals surface area contributed by atoms with Crippen molar-refractivity contribution >= 4 is 0 Å². The van der Waals surface area contributed by atoms with Crippen molar-refractivity contribution in [3.05, 3.63) is 0 Å².